The molecule has 6 nitrogen and oxygen atoms in total. The molecule has 0 saturated heterocycles. The first kappa shape index (κ1) is 22.7. The van der Waals surface area contributed by atoms with E-state index < -0.39 is 34.2 Å². The molecule has 0 aliphatic rings. The summed E-state index contributed by atoms with van der Waals surface area (Å²) < 4.78 is 63.9. The van der Waals surface area contributed by atoms with Gasteiger partial charge < -0.3 is 0 Å². The average Bonchev–Trinajstić information content (AvgIpc) is 2.59. The Labute approximate surface area is 171 Å². The lowest BCUT2D eigenvalue weighted by molar-refractivity contribution is -0.137. The van der Waals surface area contributed by atoms with Crippen molar-refractivity contribution in [3.63, 3.8) is 0 Å². The number of aryl methyl sites for hydroxylation is 1. The second-order valence-corrected chi connectivity index (χ2v) is 8.42. The molecule has 11 heteroatoms. The lowest BCUT2D eigenvalue weighted by Gasteiger charge is -2.23. The second-order valence-electron chi connectivity index (χ2n) is 6.08. The quantitative estimate of drug-likeness (QED) is 0.543. The average molecular weight is 448 g/mol. The van der Waals surface area contributed by atoms with Crippen molar-refractivity contribution < 1.29 is 26.4 Å². The van der Waals surface area contributed by atoms with Crippen LogP contribution in [0.3, 0.4) is 0 Å². The minimum Gasteiger partial charge on any atom is -0.271 e. The molecule has 0 spiro atoms. The van der Waals surface area contributed by atoms with E-state index >= 15 is 0 Å². The van der Waals surface area contributed by atoms with Crippen LogP contribution in [0.15, 0.2) is 47.6 Å². The number of nitrogens with zero attached hydrogens (tertiary/aromatic N) is 2. The second kappa shape index (κ2) is 8.83. The molecule has 0 aliphatic heterocycles. The number of carbonyl (C=O) groups excluding carboxylic acids is 1. The van der Waals surface area contributed by atoms with Gasteiger partial charge in [0.25, 0.3) is 5.91 Å². The largest absolute Gasteiger partial charge is 0.417 e. The van der Waals surface area contributed by atoms with Crippen LogP contribution in [0, 0.1) is 6.92 Å². The SMILES string of the molecule is Cc1cc(Cl)ccc1N(CC(=O)N/N=C\c1ccccc1C(F)(F)F)S(C)(=O)=O. The summed E-state index contributed by atoms with van der Waals surface area (Å²) in [7, 11) is -3.82. The molecule has 0 saturated carbocycles. The third-order valence-electron chi connectivity index (χ3n) is 3.77. The van der Waals surface area contributed by atoms with Gasteiger partial charge in [-0.3, -0.25) is 9.10 Å². The molecule has 0 aromatic heterocycles. The fraction of sp³-hybridized carbons (Fsp3) is 0.222. The van der Waals surface area contributed by atoms with E-state index in [4.69, 9.17) is 11.6 Å². The van der Waals surface area contributed by atoms with Crippen molar-refractivity contribution in [2.24, 2.45) is 5.10 Å². The highest BCUT2D eigenvalue weighted by molar-refractivity contribution is 7.92. The lowest BCUT2D eigenvalue weighted by atomic mass is 10.1. The highest BCUT2D eigenvalue weighted by Crippen LogP contribution is 2.31. The zero-order chi connectivity index (χ0) is 21.8. The van der Waals surface area contributed by atoms with Crippen LogP contribution in [0.5, 0.6) is 0 Å². The van der Waals surface area contributed by atoms with Gasteiger partial charge in [-0.15, -0.1) is 0 Å². The van der Waals surface area contributed by atoms with Crippen LogP contribution in [-0.4, -0.2) is 33.3 Å². The van der Waals surface area contributed by atoms with Gasteiger partial charge in [0.1, 0.15) is 6.54 Å². The topological polar surface area (TPSA) is 78.8 Å². The minimum absolute atomic E-state index is 0.242. The van der Waals surface area contributed by atoms with Crippen LogP contribution in [-0.2, 0) is 21.0 Å². The van der Waals surface area contributed by atoms with Crippen molar-refractivity contribution in [3.05, 3.63) is 64.2 Å². The van der Waals surface area contributed by atoms with E-state index in [2.05, 4.69) is 5.10 Å². The van der Waals surface area contributed by atoms with Gasteiger partial charge >= 0.3 is 6.18 Å². The summed E-state index contributed by atoms with van der Waals surface area (Å²) in [5.74, 6) is -0.828. The number of amides is 1. The van der Waals surface area contributed by atoms with Crippen LogP contribution in [0.25, 0.3) is 0 Å². The highest BCUT2D eigenvalue weighted by atomic mass is 35.5. The summed E-state index contributed by atoms with van der Waals surface area (Å²) >= 11 is 5.87. The Morgan fingerprint density at radius 3 is 2.48 bits per heavy atom. The fourth-order valence-corrected chi connectivity index (χ4v) is 3.63. The smallest absolute Gasteiger partial charge is 0.271 e. The number of halogens is 4. The third kappa shape index (κ3) is 6.20. The van der Waals surface area contributed by atoms with Crippen molar-refractivity contribution in [1.82, 2.24) is 5.43 Å². The first-order chi connectivity index (χ1) is 13.4. The minimum atomic E-state index is -4.58. The summed E-state index contributed by atoms with van der Waals surface area (Å²) in [5.41, 5.74) is 1.67. The maximum Gasteiger partial charge on any atom is 0.417 e. The third-order valence-corrected chi connectivity index (χ3v) is 5.14. The maximum atomic E-state index is 13.0. The number of nitrogens with one attached hydrogen (secondary N) is 1. The van der Waals surface area contributed by atoms with Gasteiger partial charge in [-0.25, -0.2) is 13.8 Å². The molecule has 0 aliphatic carbocycles. The zero-order valence-corrected chi connectivity index (χ0v) is 16.9. The number of alkyl halides is 3. The van der Waals surface area contributed by atoms with Gasteiger partial charge in [0, 0.05) is 10.6 Å². The van der Waals surface area contributed by atoms with Crippen LogP contribution in [0.1, 0.15) is 16.7 Å². The number of hydrazone groups is 1. The first-order valence-electron chi connectivity index (χ1n) is 8.11. The van der Waals surface area contributed by atoms with Crippen molar-refractivity contribution in [2.45, 2.75) is 13.1 Å². The Kier molecular flexibility index (Phi) is 6.91. The number of carbonyl (C=O) groups is 1. The molecule has 2 aromatic carbocycles. The molecule has 2 rings (SSSR count). The van der Waals surface area contributed by atoms with Gasteiger partial charge in [0.15, 0.2) is 0 Å². The van der Waals surface area contributed by atoms with Crippen molar-refractivity contribution >= 4 is 39.4 Å². The molecular formula is C18H17ClF3N3O3S. The van der Waals surface area contributed by atoms with E-state index in [0.29, 0.717) is 10.6 Å². The maximum absolute atomic E-state index is 13.0. The normalized spacial score (nSPS) is 12.2. The van der Waals surface area contributed by atoms with E-state index in [9.17, 15) is 26.4 Å². The molecule has 29 heavy (non-hydrogen) atoms. The van der Waals surface area contributed by atoms with Gasteiger partial charge in [0.2, 0.25) is 10.0 Å². The van der Waals surface area contributed by atoms with Crippen LogP contribution in [0.2, 0.25) is 5.02 Å². The molecule has 0 atom stereocenters. The molecule has 0 unspecified atom stereocenters. The first-order valence-corrected chi connectivity index (χ1v) is 10.3. The summed E-state index contributed by atoms with van der Waals surface area (Å²) in [6.07, 6.45) is -2.80. The Bertz CT molecular complexity index is 1040. The summed E-state index contributed by atoms with van der Waals surface area (Å²) in [5, 5.41) is 3.91. The van der Waals surface area contributed by atoms with Crippen molar-refractivity contribution in [3.8, 4) is 0 Å². The standard InChI is InChI=1S/C18H17ClF3N3O3S/c1-12-9-14(19)7-8-16(12)25(29(2,27)28)11-17(26)24-23-10-13-5-3-4-6-15(13)18(20,21)22/h3-10H,11H2,1-2H3,(H,24,26)/b23-10-. The Morgan fingerprint density at radius 1 is 1.24 bits per heavy atom. The monoisotopic (exact) mass is 447 g/mol. The van der Waals surface area contributed by atoms with E-state index in [1.54, 1.807) is 13.0 Å². The number of rotatable bonds is 6. The lowest BCUT2D eigenvalue weighted by Crippen LogP contribution is -2.39. The molecule has 156 valence electrons. The molecule has 1 N–H and O–H groups in total. The zero-order valence-electron chi connectivity index (χ0n) is 15.4. The predicted octanol–water partition coefficient (Wildman–Crippen LogP) is 3.58. The molecule has 0 heterocycles. The Hall–Kier alpha value is -2.59. The number of benzene rings is 2. The van der Waals surface area contributed by atoms with E-state index in [0.717, 1.165) is 22.8 Å². The summed E-state index contributed by atoms with van der Waals surface area (Å²) in [4.78, 5) is 12.1. The number of sulfonamides is 1. The number of anilines is 1. The van der Waals surface area contributed by atoms with Crippen molar-refractivity contribution in [1.29, 1.82) is 0 Å². The Balaban J connectivity index is 2.17. The van der Waals surface area contributed by atoms with Gasteiger partial charge in [-0.2, -0.15) is 18.3 Å². The summed E-state index contributed by atoms with van der Waals surface area (Å²) in [6, 6.07) is 9.18. The fourth-order valence-electron chi connectivity index (χ4n) is 2.49. The van der Waals surface area contributed by atoms with Gasteiger partial charge in [-0.1, -0.05) is 29.8 Å². The van der Waals surface area contributed by atoms with Crippen LogP contribution >= 0.6 is 11.6 Å². The molecule has 0 radical (unpaired) electrons. The molecule has 1 amide bonds. The molecule has 2 aromatic rings. The van der Waals surface area contributed by atoms with Gasteiger partial charge in [0.05, 0.1) is 23.7 Å². The van der Waals surface area contributed by atoms with E-state index in [1.165, 1.54) is 30.3 Å². The number of hydrogen-bond donors (Lipinski definition) is 1. The molecule has 0 bridgehead atoms. The molecular weight excluding hydrogens is 431 g/mol. The van der Waals surface area contributed by atoms with Gasteiger partial charge in [-0.05, 0) is 36.8 Å². The highest BCUT2D eigenvalue weighted by Gasteiger charge is 2.32. The van der Waals surface area contributed by atoms with Crippen LogP contribution in [0.4, 0.5) is 18.9 Å². The molecule has 0 fully saturated rings. The predicted molar refractivity (Wildman–Crippen MR) is 106 cm³/mol. The van der Waals surface area contributed by atoms with Crippen LogP contribution < -0.4 is 9.73 Å². The van der Waals surface area contributed by atoms with E-state index in [1.807, 2.05) is 5.43 Å². The van der Waals surface area contributed by atoms with Crippen molar-refractivity contribution in [2.75, 3.05) is 17.1 Å². The Morgan fingerprint density at radius 2 is 1.90 bits per heavy atom. The number of hydrogen-bond acceptors (Lipinski definition) is 4. The summed E-state index contributed by atoms with van der Waals surface area (Å²) in [6.45, 7) is 1.02. The van der Waals surface area contributed by atoms with E-state index in [-0.39, 0.29) is 11.3 Å².